The Labute approximate surface area is 245 Å². The maximum absolute atomic E-state index is 12.8. The summed E-state index contributed by atoms with van der Waals surface area (Å²) in [7, 11) is 0. The third-order valence-corrected chi connectivity index (χ3v) is 7.60. The molecule has 4 rings (SSSR count). The lowest BCUT2D eigenvalue weighted by atomic mass is 9.73. The van der Waals surface area contributed by atoms with E-state index in [2.05, 4.69) is 60.1 Å². The normalized spacial score (nSPS) is 17.5. The Hall–Kier alpha value is -3.68. The molecular formula is C29H35F6N3O5. The van der Waals surface area contributed by atoms with Crippen molar-refractivity contribution in [3.8, 4) is 0 Å². The topological polar surface area (TPSA) is 111 Å². The molecule has 1 aromatic heterocycles. The molecule has 2 N–H and O–H groups in total. The van der Waals surface area contributed by atoms with Crippen molar-refractivity contribution in [1.82, 2.24) is 14.8 Å². The lowest BCUT2D eigenvalue weighted by Gasteiger charge is -2.40. The summed E-state index contributed by atoms with van der Waals surface area (Å²) < 4.78 is 63.5. The molecule has 1 aliphatic heterocycles. The molecule has 1 saturated heterocycles. The van der Waals surface area contributed by atoms with Gasteiger partial charge >= 0.3 is 24.3 Å². The molecule has 14 heteroatoms. The van der Waals surface area contributed by atoms with Crippen molar-refractivity contribution in [3.05, 3.63) is 65.5 Å². The predicted molar refractivity (Wildman–Crippen MR) is 144 cm³/mol. The van der Waals surface area contributed by atoms with Gasteiger partial charge in [-0.05, 0) is 86.4 Å². The average molecular weight is 620 g/mol. The van der Waals surface area contributed by atoms with E-state index in [1.54, 1.807) is 0 Å². The molecule has 2 aromatic rings. The highest BCUT2D eigenvalue weighted by atomic mass is 19.4. The van der Waals surface area contributed by atoms with Crippen molar-refractivity contribution in [1.29, 1.82) is 0 Å². The molecule has 8 nitrogen and oxygen atoms in total. The van der Waals surface area contributed by atoms with Gasteiger partial charge in [0.2, 0.25) is 5.91 Å². The van der Waals surface area contributed by atoms with E-state index in [4.69, 9.17) is 19.8 Å². The number of aromatic nitrogens is 1. The lowest BCUT2D eigenvalue weighted by Crippen LogP contribution is -2.41. The molecule has 1 fully saturated rings. The van der Waals surface area contributed by atoms with Crippen molar-refractivity contribution in [3.63, 3.8) is 0 Å². The average Bonchev–Trinajstić information content (AvgIpc) is 3.23. The maximum Gasteiger partial charge on any atom is 0.490 e. The van der Waals surface area contributed by atoms with Gasteiger partial charge < -0.3 is 15.1 Å². The van der Waals surface area contributed by atoms with Gasteiger partial charge in [-0.3, -0.25) is 14.7 Å². The molecule has 238 valence electrons. The number of carbonyl (C=O) groups excluding carboxylic acids is 1. The Morgan fingerprint density at radius 3 is 1.86 bits per heavy atom. The predicted octanol–water partition coefficient (Wildman–Crippen LogP) is 5.63. The number of fused-ring (bicyclic) bond motifs is 2. The van der Waals surface area contributed by atoms with Gasteiger partial charge in [-0.25, -0.2) is 9.59 Å². The standard InChI is InChI=1S/C25H33N3O.2C2HF3O2/c1-3-28(4-2)24(29)17-21-18-25(23-8-6-5-7-22(21)23)11-15-27(16-12-25)19-20-9-13-26-14-10-20;2*3-2(4,5)1(6)7/h5-10,13-14,21H,3-4,11-12,15-19H2,1-2H3;2*(H,6,7). The minimum absolute atomic E-state index is 0.250. The van der Waals surface area contributed by atoms with Gasteiger partial charge in [-0.2, -0.15) is 26.3 Å². The number of carboxylic acid groups (broad SMARTS) is 2. The fraction of sp³-hybridized carbons (Fsp3) is 0.517. The first-order chi connectivity index (χ1) is 20.0. The van der Waals surface area contributed by atoms with Gasteiger partial charge in [-0.1, -0.05) is 24.3 Å². The second kappa shape index (κ2) is 15.2. The summed E-state index contributed by atoms with van der Waals surface area (Å²) in [4.78, 5) is 39.3. The fourth-order valence-corrected chi connectivity index (χ4v) is 5.48. The van der Waals surface area contributed by atoms with Gasteiger partial charge in [0, 0.05) is 38.4 Å². The van der Waals surface area contributed by atoms with Crippen LogP contribution in [-0.4, -0.2) is 81.4 Å². The van der Waals surface area contributed by atoms with Gasteiger partial charge in [0.15, 0.2) is 0 Å². The van der Waals surface area contributed by atoms with Crippen molar-refractivity contribution in [2.75, 3.05) is 26.2 Å². The molecule has 0 radical (unpaired) electrons. The third kappa shape index (κ3) is 10.2. The molecule has 1 aromatic carbocycles. The summed E-state index contributed by atoms with van der Waals surface area (Å²) in [6.45, 7) is 9.00. The van der Waals surface area contributed by atoms with Crippen LogP contribution in [0.1, 0.15) is 62.1 Å². The number of hydrogen-bond donors (Lipinski definition) is 2. The molecule has 2 heterocycles. The van der Waals surface area contributed by atoms with Crippen LogP contribution in [-0.2, 0) is 26.3 Å². The summed E-state index contributed by atoms with van der Waals surface area (Å²) in [5.41, 5.74) is 4.53. The SMILES string of the molecule is CCN(CC)C(=O)CC1CC2(CCN(Cc3ccncc3)CC2)c2ccccc21.O=C(O)C(F)(F)F.O=C(O)C(F)(F)F. The zero-order valence-electron chi connectivity index (χ0n) is 23.8. The Kier molecular flexibility index (Phi) is 12.5. The summed E-state index contributed by atoms with van der Waals surface area (Å²) in [5.74, 6) is -4.84. The van der Waals surface area contributed by atoms with Crippen LogP contribution in [0.4, 0.5) is 26.3 Å². The molecule has 43 heavy (non-hydrogen) atoms. The van der Waals surface area contributed by atoms with E-state index in [0.29, 0.717) is 18.2 Å². The number of rotatable bonds is 6. The smallest absolute Gasteiger partial charge is 0.475 e. The zero-order chi connectivity index (χ0) is 32.4. The monoisotopic (exact) mass is 619 g/mol. The molecule has 1 atom stereocenters. The van der Waals surface area contributed by atoms with Gasteiger partial charge in [0.05, 0.1) is 0 Å². The largest absolute Gasteiger partial charge is 0.490 e. The Morgan fingerprint density at radius 1 is 0.907 bits per heavy atom. The third-order valence-electron chi connectivity index (χ3n) is 7.60. The summed E-state index contributed by atoms with van der Waals surface area (Å²) in [6, 6.07) is 13.2. The number of aliphatic carboxylic acids is 2. The fourth-order valence-electron chi connectivity index (χ4n) is 5.48. The van der Waals surface area contributed by atoms with Crippen LogP contribution >= 0.6 is 0 Å². The number of amides is 1. The van der Waals surface area contributed by atoms with Crippen LogP contribution in [0, 0.1) is 0 Å². The molecule has 1 aliphatic carbocycles. The number of piperidine rings is 1. The van der Waals surface area contributed by atoms with Crippen LogP contribution in [0.15, 0.2) is 48.8 Å². The second-order valence-electron chi connectivity index (χ2n) is 10.3. The number of carbonyl (C=O) groups is 3. The van der Waals surface area contributed by atoms with Crippen molar-refractivity contribution >= 4 is 17.8 Å². The second-order valence-corrected chi connectivity index (χ2v) is 10.3. The molecule has 1 amide bonds. The lowest BCUT2D eigenvalue weighted by molar-refractivity contribution is -0.193. The van der Waals surface area contributed by atoms with Crippen LogP contribution in [0.25, 0.3) is 0 Å². The van der Waals surface area contributed by atoms with Crippen molar-refractivity contribution in [2.45, 2.75) is 69.8 Å². The highest BCUT2D eigenvalue weighted by Crippen LogP contribution is 2.52. The number of nitrogens with zero attached hydrogens (tertiary/aromatic N) is 3. The molecule has 1 spiro atoms. The van der Waals surface area contributed by atoms with E-state index < -0.39 is 24.3 Å². The van der Waals surface area contributed by atoms with E-state index >= 15 is 0 Å². The minimum Gasteiger partial charge on any atom is -0.475 e. The Balaban J connectivity index is 0.000000384. The van der Waals surface area contributed by atoms with E-state index in [1.165, 1.54) is 29.5 Å². The zero-order valence-corrected chi connectivity index (χ0v) is 23.8. The van der Waals surface area contributed by atoms with E-state index in [1.807, 2.05) is 17.3 Å². The molecular weight excluding hydrogens is 584 g/mol. The first-order valence-electron chi connectivity index (χ1n) is 13.6. The van der Waals surface area contributed by atoms with Gasteiger partial charge in [0.1, 0.15) is 0 Å². The van der Waals surface area contributed by atoms with Crippen molar-refractivity contribution < 1.29 is 50.9 Å². The number of benzene rings is 1. The summed E-state index contributed by atoms with van der Waals surface area (Å²) >= 11 is 0. The molecule has 2 aliphatic rings. The quantitative estimate of drug-likeness (QED) is 0.404. The maximum atomic E-state index is 12.8. The van der Waals surface area contributed by atoms with Crippen LogP contribution in [0.3, 0.4) is 0 Å². The van der Waals surface area contributed by atoms with E-state index in [0.717, 1.165) is 39.1 Å². The van der Waals surface area contributed by atoms with E-state index in [-0.39, 0.29) is 5.41 Å². The van der Waals surface area contributed by atoms with E-state index in [9.17, 15) is 31.1 Å². The highest BCUT2D eigenvalue weighted by Gasteiger charge is 2.45. The number of hydrogen-bond acceptors (Lipinski definition) is 5. The van der Waals surface area contributed by atoms with Crippen LogP contribution < -0.4 is 0 Å². The first kappa shape index (κ1) is 35.5. The Bertz CT molecular complexity index is 1190. The van der Waals surface area contributed by atoms with Gasteiger partial charge in [0.25, 0.3) is 0 Å². The Morgan fingerprint density at radius 2 is 1.40 bits per heavy atom. The molecule has 0 saturated carbocycles. The molecule has 0 bridgehead atoms. The van der Waals surface area contributed by atoms with Crippen molar-refractivity contribution in [2.24, 2.45) is 0 Å². The number of likely N-dealkylation sites (tertiary alicyclic amines) is 1. The van der Waals surface area contributed by atoms with Gasteiger partial charge in [-0.15, -0.1) is 0 Å². The number of pyridine rings is 1. The van der Waals surface area contributed by atoms with Crippen LogP contribution in [0.2, 0.25) is 0 Å². The number of halogens is 6. The highest BCUT2D eigenvalue weighted by molar-refractivity contribution is 5.77. The van der Waals surface area contributed by atoms with Crippen LogP contribution in [0.5, 0.6) is 0 Å². The summed E-state index contributed by atoms with van der Waals surface area (Å²) in [5, 5.41) is 14.2. The minimum atomic E-state index is -5.08. The molecule has 1 unspecified atom stereocenters. The number of alkyl halides is 6. The number of carboxylic acids is 2. The first-order valence-corrected chi connectivity index (χ1v) is 13.6. The summed E-state index contributed by atoms with van der Waals surface area (Å²) in [6.07, 6.45) is -2.25.